The molecular formula is C27H31N3O6S. The second-order valence-corrected chi connectivity index (χ2v) is 12.3. The van der Waals surface area contributed by atoms with E-state index in [-0.39, 0.29) is 41.4 Å². The van der Waals surface area contributed by atoms with E-state index < -0.39 is 10.0 Å². The molecule has 0 bridgehead atoms. The van der Waals surface area contributed by atoms with E-state index in [1.807, 2.05) is 30.0 Å². The number of piperidine rings is 1. The van der Waals surface area contributed by atoms with Crippen molar-refractivity contribution in [2.45, 2.75) is 56.5 Å². The Morgan fingerprint density at radius 1 is 0.973 bits per heavy atom. The van der Waals surface area contributed by atoms with Crippen molar-refractivity contribution in [1.29, 1.82) is 0 Å². The van der Waals surface area contributed by atoms with E-state index in [4.69, 9.17) is 9.47 Å². The molecule has 1 saturated heterocycles. The molecule has 2 aromatic carbocycles. The summed E-state index contributed by atoms with van der Waals surface area (Å²) < 4.78 is 39.0. The van der Waals surface area contributed by atoms with Crippen LogP contribution in [-0.2, 0) is 32.6 Å². The van der Waals surface area contributed by atoms with Gasteiger partial charge in [0.15, 0.2) is 11.5 Å². The van der Waals surface area contributed by atoms with Crippen LogP contribution < -0.4 is 19.7 Å². The Bertz CT molecular complexity index is 1350. The lowest BCUT2D eigenvalue weighted by atomic mass is 9.97. The van der Waals surface area contributed by atoms with Crippen LogP contribution in [0.2, 0.25) is 0 Å². The van der Waals surface area contributed by atoms with E-state index in [1.54, 1.807) is 18.2 Å². The van der Waals surface area contributed by atoms with Crippen molar-refractivity contribution in [2.24, 2.45) is 11.8 Å². The molecule has 3 aliphatic heterocycles. The Labute approximate surface area is 216 Å². The van der Waals surface area contributed by atoms with Crippen LogP contribution in [0, 0.1) is 11.8 Å². The summed E-state index contributed by atoms with van der Waals surface area (Å²) in [7, 11) is -3.68. The second kappa shape index (κ2) is 9.33. The maximum absolute atomic E-state index is 13.4. The van der Waals surface area contributed by atoms with E-state index in [1.165, 1.54) is 4.31 Å². The molecule has 10 heteroatoms. The first-order valence-corrected chi connectivity index (χ1v) is 14.4. The second-order valence-electron chi connectivity index (χ2n) is 10.4. The largest absolute Gasteiger partial charge is 0.454 e. The maximum Gasteiger partial charge on any atom is 0.243 e. The van der Waals surface area contributed by atoms with Gasteiger partial charge in [-0.1, -0.05) is 6.07 Å². The minimum atomic E-state index is -3.68. The van der Waals surface area contributed by atoms with Crippen LogP contribution in [0.5, 0.6) is 11.5 Å². The van der Waals surface area contributed by atoms with Gasteiger partial charge in [0.1, 0.15) is 0 Å². The highest BCUT2D eigenvalue weighted by atomic mass is 32.2. The maximum atomic E-state index is 13.4. The molecule has 1 atom stereocenters. The average Bonchev–Trinajstić information content (AvgIpc) is 3.56. The van der Waals surface area contributed by atoms with Gasteiger partial charge in [0.25, 0.3) is 0 Å². The summed E-state index contributed by atoms with van der Waals surface area (Å²) in [4.78, 5) is 27.6. The van der Waals surface area contributed by atoms with Gasteiger partial charge in [-0.3, -0.25) is 9.59 Å². The number of carbonyl (C=O) groups is 2. The number of benzene rings is 2. The third-order valence-electron chi connectivity index (χ3n) is 7.80. The van der Waals surface area contributed by atoms with Gasteiger partial charge in [-0.2, -0.15) is 4.31 Å². The van der Waals surface area contributed by atoms with Gasteiger partial charge in [0.05, 0.1) is 4.90 Å². The molecular weight excluding hydrogens is 494 g/mol. The van der Waals surface area contributed by atoms with Gasteiger partial charge in [-0.25, -0.2) is 8.42 Å². The highest BCUT2D eigenvalue weighted by Gasteiger charge is 2.40. The number of nitrogens with zero attached hydrogens (tertiary/aromatic N) is 2. The average molecular weight is 526 g/mol. The molecule has 1 N–H and O–H groups in total. The zero-order valence-electron chi connectivity index (χ0n) is 20.8. The van der Waals surface area contributed by atoms with E-state index in [0.717, 1.165) is 29.7 Å². The first-order chi connectivity index (χ1) is 17.8. The molecule has 0 aromatic heterocycles. The zero-order chi connectivity index (χ0) is 25.7. The number of sulfonamides is 1. The number of carbonyl (C=O) groups excluding carboxylic acids is 2. The number of ether oxygens (including phenoxy) is 2. The molecule has 6 rings (SSSR count). The molecule has 0 radical (unpaired) electrons. The Kier molecular flexibility index (Phi) is 6.11. The molecule has 1 saturated carbocycles. The van der Waals surface area contributed by atoms with Gasteiger partial charge < -0.3 is 19.7 Å². The van der Waals surface area contributed by atoms with Crippen LogP contribution in [-0.4, -0.2) is 50.5 Å². The first kappa shape index (κ1) is 24.2. The Hall–Kier alpha value is -3.11. The van der Waals surface area contributed by atoms with E-state index in [0.29, 0.717) is 50.4 Å². The van der Waals surface area contributed by atoms with E-state index in [9.17, 15) is 18.0 Å². The van der Waals surface area contributed by atoms with Crippen LogP contribution in [0.25, 0.3) is 0 Å². The van der Waals surface area contributed by atoms with Crippen molar-refractivity contribution in [3.63, 3.8) is 0 Å². The van der Waals surface area contributed by atoms with Crippen molar-refractivity contribution >= 4 is 27.5 Å². The summed E-state index contributed by atoms with van der Waals surface area (Å²) in [5.41, 5.74) is 2.66. The van der Waals surface area contributed by atoms with Crippen LogP contribution in [0.3, 0.4) is 0 Å². The van der Waals surface area contributed by atoms with Crippen LogP contribution >= 0.6 is 0 Å². The summed E-state index contributed by atoms with van der Waals surface area (Å²) in [5.74, 6) is 1.34. The zero-order valence-corrected chi connectivity index (χ0v) is 21.6. The van der Waals surface area contributed by atoms with Gasteiger partial charge in [0.2, 0.25) is 28.6 Å². The van der Waals surface area contributed by atoms with Crippen molar-refractivity contribution in [3.8, 4) is 11.5 Å². The van der Waals surface area contributed by atoms with Crippen molar-refractivity contribution in [3.05, 3.63) is 47.5 Å². The molecule has 0 spiro atoms. The fraction of sp³-hybridized carbons (Fsp3) is 0.481. The number of nitrogens with one attached hydrogen (secondary N) is 1. The van der Waals surface area contributed by atoms with Crippen LogP contribution in [0.1, 0.15) is 43.7 Å². The number of hydrogen-bond donors (Lipinski definition) is 1. The predicted octanol–water partition coefficient (Wildman–Crippen LogP) is 2.82. The fourth-order valence-corrected chi connectivity index (χ4v) is 7.04. The lowest BCUT2D eigenvalue weighted by Crippen LogP contribution is -2.42. The highest BCUT2D eigenvalue weighted by molar-refractivity contribution is 7.89. The Morgan fingerprint density at radius 3 is 2.49 bits per heavy atom. The lowest BCUT2D eigenvalue weighted by Gasteiger charge is -2.30. The van der Waals surface area contributed by atoms with Crippen molar-refractivity contribution < 1.29 is 27.5 Å². The molecule has 3 heterocycles. The number of fused-ring (bicyclic) bond motifs is 2. The predicted molar refractivity (Wildman–Crippen MR) is 136 cm³/mol. The minimum absolute atomic E-state index is 0.0352. The number of rotatable bonds is 6. The smallest absolute Gasteiger partial charge is 0.243 e. The molecule has 4 aliphatic rings. The van der Waals surface area contributed by atoms with Gasteiger partial charge >= 0.3 is 0 Å². The van der Waals surface area contributed by atoms with Crippen molar-refractivity contribution in [1.82, 2.24) is 9.62 Å². The third kappa shape index (κ3) is 4.57. The molecule has 1 aliphatic carbocycles. The van der Waals surface area contributed by atoms with Crippen LogP contribution in [0.15, 0.2) is 41.3 Å². The topological polar surface area (TPSA) is 105 Å². The summed E-state index contributed by atoms with van der Waals surface area (Å²) >= 11 is 0. The third-order valence-corrected chi connectivity index (χ3v) is 9.69. The molecule has 0 unspecified atom stereocenters. The monoisotopic (exact) mass is 525 g/mol. The standard InChI is InChI=1S/C27H31N3O6S/c1-17-12-21-14-22(5-6-23(21)30(17)27(32)20-3-4-20)37(33,34)29-10-8-19(9-11-29)26(31)28-15-18-2-7-24-25(13-18)36-16-35-24/h2,5-7,13-14,17,19-20H,3-4,8-12,15-16H2,1H3,(H,28,31)/t17-/m1/s1. The van der Waals surface area contributed by atoms with Gasteiger partial charge in [0, 0.05) is 43.2 Å². The molecule has 2 fully saturated rings. The van der Waals surface area contributed by atoms with E-state index >= 15 is 0 Å². The quantitative estimate of drug-likeness (QED) is 0.622. The minimum Gasteiger partial charge on any atom is -0.454 e. The highest BCUT2D eigenvalue weighted by Crippen LogP contribution is 2.40. The summed E-state index contributed by atoms with van der Waals surface area (Å²) in [6, 6.07) is 10.7. The summed E-state index contributed by atoms with van der Waals surface area (Å²) in [6.07, 6.45) is 3.48. The number of anilines is 1. The SMILES string of the molecule is C[C@@H]1Cc2cc(S(=O)(=O)N3CCC(C(=O)NCc4ccc5c(c4)OCO5)CC3)ccc2N1C(=O)C1CC1. The molecule has 9 nitrogen and oxygen atoms in total. The van der Waals surface area contributed by atoms with Crippen molar-refractivity contribution in [2.75, 3.05) is 24.8 Å². The molecule has 2 aromatic rings. The number of hydrogen-bond acceptors (Lipinski definition) is 6. The van der Waals surface area contributed by atoms with Gasteiger partial charge in [-0.05, 0) is 80.5 Å². The Balaban J connectivity index is 1.06. The summed E-state index contributed by atoms with van der Waals surface area (Å²) in [5, 5.41) is 2.97. The van der Waals surface area contributed by atoms with Crippen LogP contribution in [0.4, 0.5) is 5.69 Å². The fourth-order valence-electron chi connectivity index (χ4n) is 5.52. The first-order valence-electron chi connectivity index (χ1n) is 12.9. The molecule has 196 valence electrons. The van der Waals surface area contributed by atoms with Gasteiger partial charge in [-0.15, -0.1) is 0 Å². The molecule has 37 heavy (non-hydrogen) atoms. The normalized spacial score (nSPS) is 21.6. The summed E-state index contributed by atoms with van der Waals surface area (Å²) in [6.45, 7) is 3.18. The van der Waals surface area contributed by atoms with E-state index in [2.05, 4.69) is 5.32 Å². The Morgan fingerprint density at radius 2 is 1.73 bits per heavy atom. The molecule has 2 amide bonds. The lowest BCUT2D eigenvalue weighted by molar-refractivity contribution is -0.126. The number of amides is 2.